The number of ether oxygens (including phenoxy) is 3. The van der Waals surface area contributed by atoms with E-state index < -0.39 is 17.6 Å². The molecule has 1 aliphatic rings. The molecule has 1 aliphatic heterocycles. The van der Waals surface area contributed by atoms with Gasteiger partial charge in [-0.15, -0.1) is 0 Å². The summed E-state index contributed by atoms with van der Waals surface area (Å²) in [5.74, 6) is -0.0368. The molecule has 0 bridgehead atoms. The smallest absolute Gasteiger partial charge is 0.257 e. The van der Waals surface area contributed by atoms with Crippen molar-refractivity contribution in [3.8, 4) is 28.4 Å². The molecule has 41 heavy (non-hydrogen) atoms. The van der Waals surface area contributed by atoms with Gasteiger partial charge in [0.2, 0.25) is 11.9 Å². The highest BCUT2D eigenvalue weighted by Crippen LogP contribution is 2.27. The van der Waals surface area contributed by atoms with Crippen LogP contribution in [0.15, 0.2) is 79.0 Å². The van der Waals surface area contributed by atoms with Gasteiger partial charge in [-0.3, -0.25) is 19.5 Å². The maximum atomic E-state index is 14.5. The van der Waals surface area contributed by atoms with Gasteiger partial charge in [0.25, 0.3) is 5.91 Å². The Balaban J connectivity index is 1.42. The fourth-order valence-electron chi connectivity index (χ4n) is 4.70. The number of imidazole rings is 1. The van der Waals surface area contributed by atoms with Gasteiger partial charge < -0.3 is 19.1 Å². The van der Waals surface area contributed by atoms with Gasteiger partial charge in [-0.05, 0) is 73.5 Å². The molecule has 0 radical (unpaired) electrons. The summed E-state index contributed by atoms with van der Waals surface area (Å²) in [5, 5.41) is 2.86. The van der Waals surface area contributed by atoms with Crippen LogP contribution in [0.3, 0.4) is 0 Å². The van der Waals surface area contributed by atoms with E-state index in [0.29, 0.717) is 23.8 Å². The Morgan fingerprint density at radius 2 is 1.71 bits per heavy atom. The van der Waals surface area contributed by atoms with Crippen LogP contribution < -0.4 is 14.8 Å². The number of carbonyl (C=O) groups is 2. The summed E-state index contributed by atoms with van der Waals surface area (Å²) in [7, 11) is 3.19. The van der Waals surface area contributed by atoms with Crippen LogP contribution in [0.1, 0.15) is 23.2 Å². The summed E-state index contributed by atoms with van der Waals surface area (Å²) in [5.41, 5.74) is 2.09. The zero-order valence-corrected chi connectivity index (χ0v) is 22.9. The Kier molecular flexibility index (Phi) is 8.59. The highest BCUT2D eigenvalue weighted by molar-refractivity contribution is 5.99. The average Bonchev–Trinajstić information content (AvgIpc) is 3.67. The van der Waals surface area contributed by atoms with Crippen LogP contribution in [0.5, 0.6) is 11.5 Å². The Bertz CT molecular complexity index is 1500. The molecule has 5 rings (SSSR count). The van der Waals surface area contributed by atoms with Crippen molar-refractivity contribution in [2.24, 2.45) is 0 Å². The third-order valence-electron chi connectivity index (χ3n) is 6.87. The van der Waals surface area contributed by atoms with Crippen LogP contribution in [0, 0.1) is 5.82 Å². The number of halogens is 1. The molecule has 10 heteroatoms. The molecule has 0 unspecified atom stereocenters. The highest BCUT2D eigenvalue weighted by atomic mass is 19.1. The molecule has 3 aromatic carbocycles. The molecule has 1 fully saturated rings. The normalized spacial score (nSPS) is 14.5. The van der Waals surface area contributed by atoms with Crippen LogP contribution in [-0.2, 0) is 9.53 Å². The second-order valence-corrected chi connectivity index (χ2v) is 9.60. The Hall–Kier alpha value is -4.70. The van der Waals surface area contributed by atoms with Crippen molar-refractivity contribution in [2.45, 2.75) is 18.9 Å². The molecule has 1 saturated heterocycles. The molecule has 1 N–H and O–H groups in total. The number of anilines is 1. The molecule has 9 nitrogen and oxygen atoms in total. The second kappa shape index (κ2) is 12.6. The Labute approximate surface area is 237 Å². The van der Waals surface area contributed by atoms with Crippen LogP contribution >= 0.6 is 0 Å². The molecule has 0 aliphatic carbocycles. The predicted octanol–water partition coefficient (Wildman–Crippen LogP) is 4.96. The highest BCUT2D eigenvalue weighted by Gasteiger charge is 2.27. The zero-order chi connectivity index (χ0) is 28.8. The minimum absolute atomic E-state index is 0.0974. The maximum absolute atomic E-state index is 14.5. The quantitative estimate of drug-likeness (QED) is 0.296. The summed E-state index contributed by atoms with van der Waals surface area (Å²) < 4.78 is 32.5. The van der Waals surface area contributed by atoms with Crippen molar-refractivity contribution in [3.63, 3.8) is 0 Å². The lowest BCUT2D eigenvalue weighted by Crippen LogP contribution is -2.42. The lowest BCUT2D eigenvalue weighted by molar-refractivity contribution is -0.117. The van der Waals surface area contributed by atoms with Gasteiger partial charge >= 0.3 is 0 Å². The number of nitrogens with zero attached hydrogens (tertiary/aromatic N) is 3. The second-order valence-electron chi connectivity index (χ2n) is 9.60. The van der Waals surface area contributed by atoms with E-state index in [4.69, 9.17) is 19.2 Å². The number of methoxy groups -OCH3 is 2. The van der Waals surface area contributed by atoms with Crippen molar-refractivity contribution >= 4 is 17.8 Å². The number of carbonyl (C=O) groups excluding carboxylic acids is 2. The van der Waals surface area contributed by atoms with E-state index >= 15 is 0 Å². The van der Waals surface area contributed by atoms with E-state index in [0.717, 1.165) is 24.1 Å². The summed E-state index contributed by atoms with van der Waals surface area (Å²) in [6.07, 6.45) is 3.22. The van der Waals surface area contributed by atoms with Crippen molar-refractivity contribution in [2.75, 3.05) is 39.2 Å². The topological polar surface area (TPSA) is 94.9 Å². The van der Waals surface area contributed by atoms with E-state index in [-0.39, 0.29) is 30.7 Å². The van der Waals surface area contributed by atoms with Gasteiger partial charge in [0, 0.05) is 30.6 Å². The molecule has 1 atom stereocenters. The molecule has 1 aromatic heterocycles. The van der Waals surface area contributed by atoms with Crippen molar-refractivity contribution in [1.29, 1.82) is 0 Å². The number of aromatic nitrogens is 2. The minimum atomic E-state index is -0.644. The van der Waals surface area contributed by atoms with E-state index in [2.05, 4.69) is 5.32 Å². The van der Waals surface area contributed by atoms with Crippen molar-refractivity contribution in [3.05, 3.63) is 90.4 Å². The van der Waals surface area contributed by atoms with Gasteiger partial charge in [-0.2, -0.15) is 0 Å². The molecule has 0 spiro atoms. The minimum Gasteiger partial charge on any atom is -0.497 e. The molecule has 0 saturated carbocycles. The van der Waals surface area contributed by atoms with Crippen molar-refractivity contribution < 1.29 is 28.2 Å². The molecular weight excluding hydrogens is 527 g/mol. The first-order chi connectivity index (χ1) is 19.9. The number of hydrogen-bond donors (Lipinski definition) is 1. The third kappa shape index (κ3) is 6.55. The number of hydrogen-bond acceptors (Lipinski definition) is 6. The summed E-state index contributed by atoms with van der Waals surface area (Å²) in [6.45, 7) is 0.455. The van der Waals surface area contributed by atoms with Crippen LogP contribution in [0.25, 0.3) is 16.9 Å². The molecule has 4 aromatic rings. The summed E-state index contributed by atoms with van der Waals surface area (Å²) in [4.78, 5) is 32.8. The van der Waals surface area contributed by atoms with Gasteiger partial charge in [0.1, 0.15) is 23.9 Å². The fourth-order valence-corrected chi connectivity index (χ4v) is 4.70. The third-order valence-corrected chi connectivity index (χ3v) is 6.87. The molecular formula is C31H31FN4O5. The van der Waals surface area contributed by atoms with Crippen LogP contribution in [0.2, 0.25) is 0 Å². The van der Waals surface area contributed by atoms with Crippen LogP contribution in [0.4, 0.5) is 10.3 Å². The number of amides is 2. The largest absolute Gasteiger partial charge is 0.497 e. The SMILES string of the molecule is COc1ccc(-c2cn(-c3ccc(OC)cc3)c(NC(=O)CN(C[C@@H]3CCCO3)C(=O)c3ccccc3F)n2)cc1. The van der Waals surface area contributed by atoms with E-state index in [9.17, 15) is 14.0 Å². The molecule has 212 valence electrons. The molecule has 2 heterocycles. The van der Waals surface area contributed by atoms with Crippen molar-refractivity contribution in [1.82, 2.24) is 14.5 Å². The molecule has 2 amide bonds. The van der Waals surface area contributed by atoms with E-state index in [1.807, 2.05) is 54.7 Å². The van der Waals surface area contributed by atoms with Gasteiger partial charge in [-0.25, -0.2) is 9.37 Å². The Morgan fingerprint density at radius 3 is 2.34 bits per heavy atom. The lowest BCUT2D eigenvalue weighted by Gasteiger charge is -2.25. The number of nitrogens with one attached hydrogen (secondary N) is 1. The van der Waals surface area contributed by atoms with Crippen LogP contribution in [-0.4, -0.2) is 66.3 Å². The first-order valence-corrected chi connectivity index (χ1v) is 13.3. The van der Waals surface area contributed by atoms with E-state index in [1.165, 1.54) is 23.1 Å². The average molecular weight is 559 g/mol. The number of rotatable bonds is 10. The van der Waals surface area contributed by atoms with Gasteiger partial charge in [0.15, 0.2) is 0 Å². The monoisotopic (exact) mass is 558 g/mol. The summed E-state index contributed by atoms with van der Waals surface area (Å²) >= 11 is 0. The Morgan fingerprint density at radius 1 is 1.02 bits per heavy atom. The zero-order valence-electron chi connectivity index (χ0n) is 22.9. The maximum Gasteiger partial charge on any atom is 0.257 e. The summed E-state index contributed by atoms with van der Waals surface area (Å²) in [6, 6.07) is 20.5. The van der Waals surface area contributed by atoms with Gasteiger partial charge in [0.05, 0.1) is 31.6 Å². The first kappa shape index (κ1) is 27.9. The predicted molar refractivity (Wildman–Crippen MR) is 152 cm³/mol. The number of benzene rings is 3. The lowest BCUT2D eigenvalue weighted by atomic mass is 10.1. The first-order valence-electron chi connectivity index (χ1n) is 13.3. The van der Waals surface area contributed by atoms with Gasteiger partial charge in [-0.1, -0.05) is 12.1 Å². The van der Waals surface area contributed by atoms with E-state index in [1.54, 1.807) is 24.9 Å². The fraction of sp³-hybridized carbons (Fsp3) is 0.258. The standard InChI is InChI=1S/C31H31FN4O5/c1-39-23-13-9-21(10-14-23)28-19-36(22-11-15-24(40-2)16-12-22)31(33-28)34-29(37)20-35(18-25-6-5-17-41-25)30(38)26-7-3-4-8-27(26)32/h3-4,7-16,19,25H,5-6,17-18,20H2,1-2H3,(H,33,34,37)/t25-/m0/s1.